The van der Waals surface area contributed by atoms with Crippen LogP contribution in [0, 0.1) is 11.6 Å². The summed E-state index contributed by atoms with van der Waals surface area (Å²) in [6.45, 7) is 0. The molecule has 29 heavy (non-hydrogen) atoms. The largest absolute Gasteiger partial charge is 0.445 e. The van der Waals surface area contributed by atoms with Crippen LogP contribution in [0.1, 0.15) is 25.7 Å². The van der Waals surface area contributed by atoms with Gasteiger partial charge in [-0.25, -0.2) is 13.6 Å². The highest BCUT2D eigenvalue weighted by molar-refractivity contribution is 6.31. The average Bonchev–Trinajstić information content (AvgIpc) is 2.83. The number of hydrogen-bond donors (Lipinski definition) is 1. The molecule has 2 heterocycles. The third-order valence-electron chi connectivity index (χ3n) is 6.51. The van der Waals surface area contributed by atoms with Gasteiger partial charge < -0.3 is 9.22 Å². The molecule has 2 aromatic rings. The van der Waals surface area contributed by atoms with Crippen molar-refractivity contribution >= 4 is 23.4 Å². The second-order valence-electron chi connectivity index (χ2n) is 8.46. The maximum Gasteiger partial charge on any atom is 0.411 e. The number of ether oxygens (including phenoxy) is 1. The van der Waals surface area contributed by atoms with Gasteiger partial charge in [0.2, 0.25) is 0 Å². The molecule has 2 bridgehead atoms. The van der Waals surface area contributed by atoms with E-state index in [0.29, 0.717) is 28.9 Å². The van der Waals surface area contributed by atoms with Crippen molar-refractivity contribution < 1.29 is 22.8 Å². The van der Waals surface area contributed by atoms with Gasteiger partial charge in [-0.1, -0.05) is 17.7 Å². The smallest absolute Gasteiger partial charge is 0.411 e. The number of nitrogens with zero attached hydrogens (tertiary/aromatic N) is 1. The van der Waals surface area contributed by atoms with E-state index in [4.69, 9.17) is 16.3 Å². The van der Waals surface area contributed by atoms with Crippen molar-refractivity contribution in [2.75, 3.05) is 19.4 Å². The van der Waals surface area contributed by atoms with Gasteiger partial charge in [-0.15, -0.1) is 0 Å². The van der Waals surface area contributed by atoms with Gasteiger partial charge in [0.25, 0.3) is 0 Å². The maximum atomic E-state index is 13.8. The van der Waals surface area contributed by atoms with Gasteiger partial charge >= 0.3 is 6.09 Å². The summed E-state index contributed by atoms with van der Waals surface area (Å²) in [4.78, 5) is 12.5. The molecular formula is C22H24ClF2N2O2+. The number of rotatable bonds is 3. The van der Waals surface area contributed by atoms with Gasteiger partial charge in [0, 0.05) is 31.2 Å². The molecule has 2 fully saturated rings. The molecule has 0 radical (unpaired) electrons. The molecule has 0 spiro atoms. The van der Waals surface area contributed by atoms with Crippen LogP contribution in [0.3, 0.4) is 0 Å². The molecule has 0 aliphatic carbocycles. The lowest BCUT2D eigenvalue weighted by Crippen LogP contribution is -2.56. The summed E-state index contributed by atoms with van der Waals surface area (Å²) < 4.78 is 34.0. The molecule has 1 amide bonds. The first-order valence-electron chi connectivity index (χ1n) is 9.80. The molecule has 1 unspecified atom stereocenters. The summed E-state index contributed by atoms with van der Waals surface area (Å²) in [5.41, 5.74) is 1.29. The number of fused-ring (bicyclic) bond motifs is 2. The third kappa shape index (κ3) is 3.96. The number of benzene rings is 2. The quantitative estimate of drug-likeness (QED) is 0.655. The lowest BCUT2D eigenvalue weighted by atomic mass is 9.98. The molecule has 2 saturated heterocycles. The highest BCUT2D eigenvalue weighted by Crippen LogP contribution is 2.40. The van der Waals surface area contributed by atoms with E-state index in [1.54, 1.807) is 0 Å². The second-order valence-corrected chi connectivity index (χ2v) is 8.86. The average molecular weight is 422 g/mol. The van der Waals surface area contributed by atoms with E-state index in [2.05, 4.69) is 19.4 Å². The molecule has 2 aliphatic rings. The Labute approximate surface area is 174 Å². The predicted molar refractivity (Wildman–Crippen MR) is 109 cm³/mol. The Morgan fingerprint density at radius 1 is 1.10 bits per heavy atom. The number of amides is 1. The fourth-order valence-corrected chi connectivity index (χ4v) is 4.93. The zero-order valence-corrected chi connectivity index (χ0v) is 17.2. The van der Waals surface area contributed by atoms with E-state index in [9.17, 15) is 13.6 Å². The van der Waals surface area contributed by atoms with Crippen molar-refractivity contribution in [2.24, 2.45) is 0 Å². The predicted octanol–water partition coefficient (Wildman–Crippen LogP) is 5.60. The van der Waals surface area contributed by atoms with Crippen molar-refractivity contribution in [3.63, 3.8) is 0 Å². The van der Waals surface area contributed by atoms with Crippen molar-refractivity contribution in [2.45, 2.75) is 43.9 Å². The number of halogens is 3. The van der Waals surface area contributed by atoms with Crippen LogP contribution in [-0.4, -0.2) is 42.9 Å². The third-order valence-corrected chi connectivity index (χ3v) is 6.80. The number of nitrogens with one attached hydrogen (secondary N) is 1. The van der Waals surface area contributed by atoms with Gasteiger partial charge in [0.1, 0.15) is 17.7 Å². The maximum absolute atomic E-state index is 13.8. The fraction of sp³-hybridized carbons (Fsp3) is 0.409. The summed E-state index contributed by atoms with van der Waals surface area (Å²) in [6, 6.07) is 9.12. The zero-order valence-electron chi connectivity index (χ0n) is 16.4. The minimum atomic E-state index is -0.567. The number of carbonyl (C=O) groups is 1. The number of carbonyl (C=O) groups excluding carboxylic acids is 1. The summed E-state index contributed by atoms with van der Waals surface area (Å²) in [5.74, 6) is -1.03. The SMILES string of the molecule is C[N+]1(C)[C@@H]2CC[C@H]1CC(OC(=O)Nc1ccc(F)cc1-c1ccc(F)c(Cl)c1)C2. The van der Waals surface area contributed by atoms with Crippen LogP contribution in [-0.2, 0) is 4.74 Å². The Morgan fingerprint density at radius 2 is 1.79 bits per heavy atom. The molecule has 2 aliphatic heterocycles. The molecule has 7 heteroatoms. The van der Waals surface area contributed by atoms with Crippen LogP contribution in [0.25, 0.3) is 11.1 Å². The lowest BCUT2D eigenvalue weighted by molar-refractivity contribution is -0.931. The minimum Gasteiger partial charge on any atom is -0.445 e. The van der Waals surface area contributed by atoms with Gasteiger partial charge in [-0.3, -0.25) is 5.32 Å². The van der Waals surface area contributed by atoms with E-state index in [0.717, 1.165) is 30.2 Å². The molecule has 2 aromatic carbocycles. The van der Waals surface area contributed by atoms with E-state index in [-0.39, 0.29) is 11.1 Å². The van der Waals surface area contributed by atoms with E-state index in [1.807, 2.05) is 0 Å². The molecule has 3 atom stereocenters. The first-order chi connectivity index (χ1) is 13.7. The highest BCUT2D eigenvalue weighted by Gasteiger charge is 2.49. The molecule has 0 aromatic heterocycles. The minimum absolute atomic E-state index is 0.0706. The van der Waals surface area contributed by atoms with Crippen LogP contribution in [0.2, 0.25) is 5.02 Å². The van der Waals surface area contributed by atoms with E-state index >= 15 is 0 Å². The Hall–Kier alpha value is -2.18. The number of anilines is 1. The summed E-state index contributed by atoms with van der Waals surface area (Å²) in [7, 11) is 4.49. The van der Waals surface area contributed by atoms with Crippen LogP contribution < -0.4 is 5.32 Å². The number of hydrogen-bond acceptors (Lipinski definition) is 2. The normalized spacial score (nSPS) is 24.9. The van der Waals surface area contributed by atoms with Crippen LogP contribution >= 0.6 is 11.6 Å². The van der Waals surface area contributed by atoms with E-state index in [1.165, 1.54) is 36.4 Å². The first-order valence-corrected chi connectivity index (χ1v) is 10.2. The van der Waals surface area contributed by atoms with Crippen LogP contribution in [0.5, 0.6) is 0 Å². The molecular weight excluding hydrogens is 398 g/mol. The topological polar surface area (TPSA) is 38.3 Å². The fourth-order valence-electron chi connectivity index (χ4n) is 4.75. The van der Waals surface area contributed by atoms with Gasteiger partial charge in [0.05, 0.1) is 36.9 Å². The highest BCUT2D eigenvalue weighted by atomic mass is 35.5. The van der Waals surface area contributed by atoms with Crippen LogP contribution in [0.4, 0.5) is 19.3 Å². The molecule has 1 N–H and O–H groups in total. The molecule has 0 saturated carbocycles. The summed E-state index contributed by atoms with van der Waals surface area (Å²) in [6.07, 6.45) is 3.33. The molecule has 4 nitrogen and oxygen atoms in total. The standard InChI is InChI=1S/C22H23ClF2N2O2/c1-27(2)15-5-6-16(27)12-17(11-15)29-22(28)26-21-8-4-14(24)10-18(21)13-3-7-20(25)19(23)9-13/h3-4,7-10,15-17H,5-6,11-12H2,1-2H3/p+1/t15-,16+,17?. The van der Waals surface area contributed by atoms with Crippen molar-refractivity contribution in [3.05, 3.63) is 53.1 Å². The molecule has 154 valence electrons. The van der Waals surface area contributed by atoms with Crippen molar-refractivity contribution in [3.8, 4) is 11.1 Å². The second kappa shape index (κ2) is 7.58. The number of piperidine rings is 1. The van der Waals surface area contributed by atoms with E-state index < -0.39 is 17.7 Å². The summed E-state index contributed by atoms with van der Waals surface area (Å²) in [5, 5.41) is 2.65. The Balaban J connectivity index is 1.50. The summed E-state index contributed by atoms with van der Waals surface area (Å²) >= 11 is 5.86. The Bertz CT molecular complexity index is 934. The first kappa shape index (κ1) is 20.1. The number of quaternary nitrogens is 1. The van der Waals surface area contributed by atoms with Gasteiger partial charge in [-0.2, -0.15) is 0 Å². The lowest BCUT2D eigenvalue weighted by Gasteiger charge is -2.43. The zero-order chi connectivity index (χ0) is 20.8. The van der Waals surface area contributed by atoms with Gasteiger partial charge in [0.15, 0.2) is 0 Å². The Kier molecular flexibility index (Phi) is 5.25. The van der Waals surface area contributed by atoms with Crippen LogP contribution in [0.15, 0.2) is 36.4 Å². The van der Waals surface area contributed by atoms with Crippen molar-refractivity contribution in [1.29, 1.82) is 0 Å². The van der Waals surface area contributed by atoms with Crippen molar-refractivity contribution in [1.82, 2.24) is 0 Å². The monoisotopic (exact) mass is 421 g/mol. The van der Waals surface area contributed by atoms with Gasteiger partial charge in [-0.05, 0) is 35.9 Å². The molecule has 4 rings (SSSR count). The Morgan fingerprint density at radius 3 is 2.45 bits per heavy atom.